The number of rotatable bonds is 5. The Balaban J connectivity index is 1.75. The average Bonchev–Trinajstić information content (AvgIpc) is 3.06. The smallest absolute Gasteiger partial charge is 0.266 e. The van der Waals surface area contributed by atoms with Crippen molar-refractivity contribution in [2.45, 2.75) is 13.5 Å². The van der Waals surface area contributed by atoms with Crippen LogP contribution in [0.15, 0.2) is 78.4 Å². The number of para-hydroxylation sites is 1. The Morgan fingerprint density at radius 1 is 1.03 bits per heavy atom. The van der Waals surface area contributed by atoms with E-state index in [1.165, 1.54) is 5.56 Å². The summed E-state index contributed by atoms with van der Waals surface area (Å²) in [6.45, 7) is 2.68. The number of hydrogen-bond donors (Lipinski definition) is 1. The average molecular weight is 460 g/mol. The lowest BCUT2D eigenvalue weighted by atomic mass is 10.1. The molecule has 1 N–H and O–H groups in total. The topological polar surface area (TPSA) is 57.8 Å². The van der Waals surface area contributed by atoms with E-state index in [0.29, 0.717) is 17.3 Å². The monoisotopic (exact) mass is 459 g/mol. The number of carbonyl (C=O) groups excluding carboxylic acids is 1. The first-order valence-corrected chi connectivity index (χ1v) is 10.7. The number of benzene rings is 3. The third kappa shape index (κ3) is 4.27. The number of nitrogens with zero attached hydrogens (tertiary/aromatic N) is 2. The van der Waals surface area contributed by atoms with Gasteiger partial charge >= 0.3 is 0 Å². The number of carbonyl (C=O) groups is 1. The summed E-state index contributed by atoms with van der Waals surface area (Å²) in [6, 6.07) is 25.1. The molecule has 0 bridgehead atoms. The number of anilines is 1. The van der Waals surface area contributed by atoms with Gasteiger partial charge in [-0.3, -0.25) is 4.79 Å². The maximum atomic E-state index is 12.8. The molecule has 0 spiro atoms. The summed E-state index contributed by atoms with van der Waals surface area (Å²) in [7, 11) is 0. The molecule has 4 aromatic rings. The van der Waals surface area contributed by atoms with Crippen molar-refractivity contribution in [2.24, 2.45) is 0 Å². The molecule has 0 radical (unpaired) electrons. The summed E-state index contributed by atoms with van der Waals surface area (Å²) in [5.74, 6) is -0.545. The first-order valence-electron chi connectivity index (χ1n) is 9.98. The molecule has 0 saturated carbocycles. The van der Waals surface area contributed by atoms with Crippen LogP contribution in [0.2, 0.25) is 10.0 Å². The summed E-state index contributed by atoms with van der Waals surface area (Å²) in [5.41, 5.74) is 4.34. The molecule has 32 heavy (non-hydrogen) atoms. The minimum atomic E-state index is -0.545. The maximum Gasteiger partial charge on any atom is 0.266 e. The zero-order valence-electron chi connectivity index (χ0n) is 17.3. The zero-order valence-corrected chi connectivity index (χ0v) is 18.8. The van der Waals surface area contributed by atoms with E-state index in [1.54, 1.807) is 24.3 Å². The number of nitrogens with one attached hydrogen (secondary N) is 1. The molecule has 4 rings (SSSR count). The summed E-state index contributed by atoms with van der Waals surface area (Å²) in [4.78, 5) is 12.8. The first-order chi connectivity index (χ1) is 15.5. The second-order valence-electron chi connectivity index (χ2n) is 7.31. The predicted octanol–water partition coefficient (Wildman–Crippen LogP) is 6.85. The van der Waals surface area contributed by atoms with Gasteiger partial charge in [0.1, 0.15) is 11.6 Å². The highest BCUT2D eigenvalue weighted by Gasteiger charge is 2.17. The highest BCUT2D eigenvalue weighted by atomic mass is 35.5. The number of fused-ring (bicyclic) bond motifs is 1. The Hall–Kier alpha value is -3.52. The summed E-state index contributed by atoms with van der Waals surface area (Å²) in [6.07, 6.45) is 1.63. The standard InChI is InChI=1S/C26H19Cl2N3O/c1-17-21(14-19(15-29)26(32)30-23-12-7-11-22(27)25(23)28)20-10-5-6-13-24(20)31(17)16-18-8-3-2-4-9-18/h2-14H,16H2,1H3,(H,30,32)/b19-14-. The molecule has 0 aliphatic rings. The summed E-state index contributed by atoms with van der Waals surface area (Å²) < 4.78 is 2.19. The molecule has 1 heterocycles. The van der Waals surface area contributed by atoms with Crippen molar-refractivity contribution in [3.05, 3.63) is 105 Å². The van der Waals surface area contributed by atoms with Crippen LogP contribution in [-0.2, 0) is 11.3 Å². The molecule has 0 atom stereocenters. The highest BCUT2D eigenvalue weighted by molar-refractivity contribution is 6.44. The van der Waals surface area contributed by atoms with E-state index in [9.17, 15) is 10.1 Å². The number of hydrogen-bond acceptors (Lipinski definition) is 2. The summed E-state index contributed by atoms with van der Waals surface area (Å²) in [5, 5.41) is 13.9. The van der Waals surface area contributed by atoms with E-state index in [2.05, 4.69) is 22.0 Å². The van der Waals surface area contributed by atoms with Crippen molar-refractivity contribution < 1.29 is 4.79 Å². The maximum absolute atomic E-state index is 12.8. The lowest BCUT2D eigenvalue weighted by Gasteiger charge is -2.09. The second-order valence-corrected chi connectivity index (χ2v) is 8.10. The fourth-order valence-corrected chi connectivity index (χ4v) is 4.04. The van der Waals surface area contributed by atoms with Gasteiger partial charge in [-0.15, -0.1) is 0 Å². The largest absolute Gasteiger partial charge is 0.340 e. The van der Waals surface area contributed by atoms with Gasteiger partial charge in [0, 0.05) is 28.7 Å². The number of halogens is 2. The molecule has 1 amide bonds. The molecule has 4 nitrogen and oxygen atoms in total. The van der Waals surface area contributed by atoms with Crippen molar-refractivity contribution >= 4 is 51.8 Å². The Kier molecular flexibility index (Phi) is 6.32. The lowest BCUT2D eigenvalue weighted by molar-refractivity contribution is -0.112. The highest BCUT2D eigenvalue weighted by Crippen LogP contribution is 2.31. The van der Waals surface area contributed by atoms with Crippen LogP contribution in [0.5, 0.6) is 0 Å². The molecule has 158 valence electrons. The Labute approximate surface area is 196 Å². The van der Waals surface area contributed by atoms with Crippen LogP contribution in [0.3, 0.4) is 0 Å². The van der Waals surface area contributed by atoms with Crippen LogP contribution in [0.1, 0.15) is 16.8 Å². The molecular weight excluding hydrogens is 441 g/mol. The van der Waals surface area contributed by atoms with Gasteiger partial charge in [0.2, 0.25) is 0 Å². The van der Waals surface area contributed by atoms with E-state index in [1.807, 2.05) is 55.5 Å². The van der Waals surface area contributed by atoms with Gasteiger partial charge in [0.25, 0.3) is 5.91 Å². The van der Waals surface area contributed by atoms with Crippen molar-refractivity contribution in [1.29, 1.82) is 5.26 Å². The SMILES string of the molecule is Cc1c(/C=C(/C#N)C(=O)Nc2cccc(Cl)c2Cl)c2ccccc2n1Cc1ccccc1. The Morgan fingerprint density at radius 2 is 1.75 bits per heavy atom. The van der Waals surface area contributed by atoms with Crippen LogP contribution < -0.4 is 5.32 Å². The van der Waals surface area contributed by atoms with Crippen molar-refractivity contribution in [3.8, 4) is 6.07 Å². The van der Waals surface area contributed by atoms with Gasteiger partial charge < -0.3 is 9.88 Å². The van der Waals surface area contributed by atoms with Crippen LogP contribution in [0, 0.1) is 18.3 Å². The third-order valence-corrected chi connectivity index (χ3v) is 6.14. The molecule has 1 aromatic heterocycles. The van der Waals surface area contributed by atoms with Crippen molar-refractivity contribution in [2.75, 3.05) is 5.32 Å². The van der Waals surface area contributed by atoms with Crippen molar-refractivity contribution in [3.63, 3.8) is 0 Å². The zero-order chi connectivity index (χ0) is 22.7. The molecule has 3 aromatic carbocycles. The van der Waals surface area contributed by atoms with E-state index in [4.69, 9.17) is 23.2 Å². The number of amides is 1. The fourth-order valence-electron chi connectivity index (χ4n) is 3.69. The van der Waals surface area contributed by atoms with E-state index in [0.717, 1.165) is 22.2 Å². The fraction of sp³-hybridized carbons (Fsp3) is 0.0769. The summed E-state index contributed by atoms with van der Waals surface area (Å²) >= 11 is 12.2. The van der Waals surface area contributed by atoms with Crippen LogP contribution in [-0.4, -0.2) is 10.5 Å². The minimum absolute atomic E-state index is 0.0215. The Morgan fingerprint density at radius 3 is 2.50 bits per heavy atom. The van der Waals surface area contributed by atoms with E-state index < -0.39 is 5.91 Å². The molecular formula is C26H19Cl2N3O. The third-order valence-electron chi connectivity index (χ3n) is 5.32. The van der Waals surface area contributed by atoms with E-state index in [-0.39, 0.29) is 10.6 Å². The minimum Gasteiger partial charge on any atom is -0.340 e. The Bertz CT molecular complexity index is 1380. The molecule has 0 saturated heterocycles. The first kappa shape index (κ1) is 21.7. The van der Waals surface area contributed by atoms with Gasteiger partial charge in [-0.25, -0.2) is 0 Å². The number of aromatic nitrogens is 1. The van der Waals surface area contributed by atoms with Gasteiger partial charge in [0.05, 0.1) is 15.7 Å². The lowest BCUT2D eigenvalue weighted by Crippen LogP contribution is -2.14. The van der Waals surface area contributed by atoms with Gasteiger partial charge in [0.15, 0.2) is 0 Å². The van der Waals surface area contributed by atoms with E-state index >= 15 is 0 Å². The molecule has 0 fully saturated rings. The molecule has 6 heteroatoms. The van der Waals surface area contributed by atoms with Crippen molar-refractivity contribution in [1.82, 2.24) is 4.57 Å². The van der Waals surface area contributed by atoms with Crippen LogP contribution in [0.4, 0.5) is 5.69 Å². The van der Waals surface area contributed by atoms with Crippen LogP contribution in [0.25, 0.3) is 17.0 Å². The normalized spacial score (nSPS) is 11.4. The molecule has 0 unspecified atom stereocenters. The van der Waals surface area contributed by atoms with Crippen LogP contribution >= 0.6 is 23.2 Å². The quantitative estimate of drug-likeness (QED) is 0.262. The van der Waals surface area contributed by atoms with Gasteiger partial charge in [-0.05, 0) is 36.8 Å². The molecule has 0 aliphatic heterocycles. The second kappa shape index (κ2) is 9.32. The van der Waals surface area contributed by atoms with Gasteiger partial charge in [-0.1, -0.05) is 77.8 Å². The number of nitriles is 1. The van der Waals surface area contributed by atoms with Gasteiger partial charge in [-0.2, -0.15) is 5.26 Å². The predicted molar refractivity (Wildman–Crippen MR) is 131 cm³/mol. The molecule has 0 aliphatic carbocycles.